The van der Waals surface area contributed by atoms with Gasteiger partial charge >= 0.3 is 0 Å². The van der Waals surface area contributed by atoms with E-state index in [0.717, 1.165) is 64.4 Å². The van der Waals surface area contributed by atoms with Crippen LogP contribution in [0.5, 0.6) is 0 Å². The van der Waals surface area contributed by atoms with Crippen molar-refractivity contribution in [1.82, 2.24) is 30.2 Å². The Hall–Kier alpha value is -4.17. The zero-order valence-electron chi connectivity index (χ0n) is 21.3. The van der Waals surface area contributed by atoms with Gasteiger partial charge in [-0.05, 0) is 55.1 Å². The van der Waals surface area contributed by atoms with Gasteiger partial charge in [0.2, 0.25) is 0 Å². The molecule has 2 aliphatic rings. The number of allylic oxidation sites excluding steroid dienone is 4. The van der Waals surface area contributed by atoms with Crippen LogP contribution in [-0.2, 0) is 0 Å². The number of piperidine rings is 1. The van der Waals surface area contributed by atoms with E-state index in [0.29, 0.717) is 11.6 Å². The van der Waals surface area contributed by atoms with Crippen molar-refractivity contribution in [1.29, 1.82) is 0 Å². The topological polar surface area (TPSA) is 101 Å². The van der Waals surface area contributed by atoms with E-state index in [1.165, 1.54) is 0 Å². The van der Waals surface area contributed by atoms with Crippen LogP contribution in [0.4, 0.5) is 17.5 Å². The highest BCUT2D eigenvalue weighted by atomic mass is 15.1. The summed E-state index contributed by atoms with van der Waals surface area (Å²) in [6.45, 7) is 8.48. The molecule has 0 unspecified atom stereocenters. The zero-order valence-corrected chi connectivity index (χ0v) is 21.3. The van der Waals surface area contributed by atoms with E-state index in [-0.39, 0.29) is 11.5 Å². The molecule has 0 spiro atoms. The average molecular weight is 491 g/mol. The monoisotopic (exact) mass is 490 g/mol. The van der Waals surface area contributed by atoms with Crippen molar-refractivity contribution in [3.05, 3.63) is 78.4 Å². The summed E-state index contributed by atoms with van der Waals surface area (Å²) >= 11 is 0. The lowest BCUT2D eigenvalue weighted by Crippen LogP contribution is -2.49. The Morgan fingerprint density at radius 3 is 2.73 bits per heavy atom. The van der Waals surface area contributed by atoms with Crippen molar-refractivity contribution in [3.63, 3.8) is 0 Å². The lowest BCUT2D eigenvalue weighted by atomic mass is 9.80. The van der Waals surface area contributed by atoms with Crippen LogP contribution in [-0.4, -0.2) is 44.1 Å². The fourth-order valence-electron chi connectivity index (χ4n) is 4.89. The standard InChI is InChI=1S/C29H30N8/c1-18-6-4-9-24(33-18)36-25-14-20(10-13-32-25)27-34-22-16-31-15-21(19-7-5-8-19)26(22)28(37-27)35-23-11-12-30-17-29(23,2)3/h4-10,13-16,23,30H,11-12,17H2,1-3H3,(H,32,33,36)(H,34,35,37)/t23-/m0/s1. The Bertz CT molecular complexity index is 1540. The molecule has 0 radical (unpaired) electrons. The fraction of sp³-hybridized carbons (Fsp3) is 0.276. The van der Waals surface area contributed by atoms with Crippen molar-refractivity contribution in [2.45, 2.75) is 33.2 Å². The van der Waals surface area contributed by atoms with Gasteiger partial charge in [0.15, 0.2) is 5.82 Å². The summed E-state index contributed by atoms with van der Waals surface area (Å²) in [7, 11) is 0. The molecule has 186 valence electrons. The average Bonchev–Trinajstić information content (AvgIpc) is 2.84. The van der Waals surface area contributed by atoms with Crippen molar-refractivity contribution in [2.24, 2.45) is 5.41 Å². The van der Waals surface area contributed by atoms with E-state index in [1.807, 2.05) is 55.7 Å². The summed E-state index contributed by atoms with van der Waals surface area (Å²) in [5.41, 5.74) is 4.88. The van der Waals surface area contributed by atoms with Crippen LogP contribution in [0.1, 0.15) is 31.5 Å². The zero-order chi connectivity index (χ0) is 25.4. The van der Waals surface area contributed by atoms with Gasteiger partial charge in [-0.3, -0.25) is 4.98 Å². The highest BCUT2D eigenvalue weighted by Gasteiger charge is 2.33. The van der Waals surface area contributed by atoms with Crippen LogP contribution >= 0.6 is 0 Å². The van der Waals surface area contributed by atoms with Crippen LogP contribution < -0.4 is 16.0 Å². The minimum Gasteiger partial charge on any atom is -0.366 e. The van der Waals surface area contributed by atoms with E-state index < -0.39 is 0 Å². The van der Waals surface area contributed by atoms with Gasteiger partial charge < -0.3 is 16.0 Å². The molecule has 4 aromatic rings. The molecule has 1 aliphatic heterocycles. The Morgan fingerprint density at radius 2 is 1.95 bits per heavy atom. The highest BCUT2D eigenvalue weighted by molar-refractivity contribution is 6.02. The summed E-state index contributed by atoms with van der Waals surface area (Å²) in [6, 6.07) is 10.0. The van der Waals surface area contributed by atoms with E-state index in [9.17, 15) is 0 Å². The minimum atomic E-state index is 0.0765. The first-order valence-electron chi connectivity index (χ1n) is 12.7. The SMILES string of the molecule is Cc1cccc(Nc2cc(-c3nc(N[C@H]4CCNCC4(C)C)c4c(C5=CC=C5)cncc4n3)ccn2)n1. The maximum absolute atomic E-state index is 5.10. The Labute approximate surface area is 216 Å². The Morgan fingerprint density at radius 1 is 1.05 bits per heavy atom. The largest absolute Gasteiger partial charge is 0.366 e. The number of pyridine rings is 3. The number of rotatable bonds is 6. The number of aryl methyl sites for hydroxylation is 1. The van der Waals surface area contributed by atoms with E-state index in [1.54, 1.807) is 6.20 Å². The van der Waals surface area contributed by atoms with E-state index in [2.05, 4.69) is 56.9 Å². The lowest BCUT2D eigenvalue weighted by Gasteiger charge is -2.40. The normalized spacial score (nSPS) is 18.2. The molecule has 3 N–H and O–H groups in total. The third-order valence-corrected chi connectivity index (χ3v) is 7.08. The van der Waals surface area contributed by atoms with Gasteiger partial charge in [0, 0.05) is 41.8 Å². The molecule has 0 saturated carbocycles. The smallest absolute Gasteiger partial charge is 0.162 e. The van der Waals surface area contributed by atoms with E-state index in [4.69, 9.17) is 9.97 Å². The minimum absolute atomic E-state index is 0.0765. The lowest BCUT2D eigenvalue weighted by molar-refractivity contribution is 0.236. The molecule has 5 heterocycles. The quantitative estimate of drug-likeness (QED) is 0.335. The van der Waals surface area contributed by atoms with Gasteiger partial charge in [-0.1, -0.05) is 38.1 Å². The molecule has 8 nitrogen and oxygen atoms in total. The number of fused-ring (bicyclic) bond motifs is 1. The molecule has 37 heavy (non-hydrogen) atoms. The second-order valence-electron chi connectivity index (χ2n) is 10.3. The van der Waals surface area contributed by atoms with Gasteiger partial charge in [0.25, 0.3) is 0 Å². The number of anilines is 3. The third-order valence-electron chi connectivity index (χ3n) is 7.08. The molecule has 6 rings (SSSR count). The maximum atomic E-state index is 5.10. The molecule has 4 aromatic heterocycles. The van der Waals surface area contributed by atoms with E-state index >= 15 is 0 Å². The number of nitrogens with zero attached hydrogens (tertiary/aromatic N) is 5. The first-order valence-corrected chi connectivity index (χ1v) is 12.7. The van der Waals surface area contributed by atoms with Crippen molar-refractivity contribution >= 4 is 33.9 Å². The van der Waals surface area contributed by atoms with Gasteiger partial charge in [-0.15, -0.1) is 0 Å². The summed E-state index contributed by atoms with van der Waals surface area (Å²) in [5, 5.41) is 11.6. The van der Waals surface area contributed by atoms with Crippen LogP contribution in [0.2, 0.25) is 0 Å². The second-order valence-corrected chi connectivity index (χ2v) is 10.3. The second kappa shape index (κ2) is 9.37. The molecule has 1 atom stereocenters. The molecule has 1 saturated heterocycles. The number of nitrogens with one attached hydrogen (secondary N) is 3. The molecule has 0 aromatic carbocycles. The van der Waals surface area contributed by atoms with Crippen molar-refractivity contribution < 1.29 is 0 Å². The molecule has 8 heteroatoms. The van der Waals surface area contributed by atoms with Crippen molar-refractivity contribution in [3.8, 4) is 11.4 Å². The summed E-state index contributed by atoms with van der Waals surface area (Å²) in [5.74, 6) is 2.90. The fourth-order valence-corrected chi connectivity index (χ4v) is 4.89. The summed E-state index contributed by atoms with van der Waals surface area (Å²) in [6.07, 6.45) is 12.8. The predicted molar refractivity (Wildman–Crippen MR) is 149 cm³/mol. The maximum Gasteiger partial charge on any atom is 0.162 e. The number of hydrogen-bond acceptors (Lipinski definition) is 8. The molecule has 0 amide bonds. The Kier molecular flexibility index (Phi) is 5.88. The first-order chi connectivity index (χ1) is 18.0. The number of aromatic nitrogens is 5. The van der Waals surface area contributed by atoms with Crippen LogP contribution in [0.3, 0.4) is 0 Å². The van der Waals surface area contributed by atoms with Crippen LogP contribution in [0, 0.1) is 12.3 Å². The summed E-state index contributed by atoms with van der Waals surface area (Å²) < 4.78 is 0. The summed E-state index contributed by atoms with van der Waals surface area (Å²) in [4.78, 5) is 23.6. The Balaban J connectivity index is 1.43. The molecular formula is C29H30N8. The van der Waals surface area contributed by atoms with Crippen LogP contribution in [0.25, 0.3) is 27.9 Å². The van der Waals surface area contributed by atoms with Gasteiger partial charge in [-0.25, -0.2) is 19.9 Å². The molecule has 1 fully saturated rings. The van der Waals surface area contributed by atoms with Crippen molar-refractivity contribution in [2.75, 3.05) is 23.7 Å². The molecule has 0 bridgehead atoms. The third kappa shape index (κ3) is 4.68. The molecular weight excluding hydrogens is 460 g/mol. The highest BCUT2D eigenvalue weighted by Crippen LogP contribution is 2.36. The number of hydrogen-bond donors (Lipinski definition) is 3. The molecule has 1 aliphatic carbocycles. The van der Waals surface area contributed by atoms with Gasteiger partial charge in [0.05, 0.1) is 17.1 Å². The van der Waals surface area contributed by atoms with Crippen LogP contribution in [0.15, 0.2) is 67.2 Å². The predicted octanol–water partition coefficient (Wildman–Crippen LogP) is 5.29. The first kappa shape index (κ1) is 23.2. The van der Waals surface area contributed by atoms with Gasteiger partial charge in [0.1, 0.15) is 17.5 Å². The van der Waals surface area contributed by atoms with Gasteiger partial charge in [-0.2, -0.15) is 0 Å².